The monoisotopic (exact) mass is 720 g/mol. The number of amides is 2. The van der Waals surface area contributed by atoms with E-state index in [2.05, 4.69) is 27.5 Å². The number of benzene rings is 3. The summed E-state index contributed by atoms with van der Waals surface area (Å²) in [6, 6.07) is 24.7. The van der Waals surface area contributed by atoms with Gasteiger partial charge in [0.25, 0.3) is 11.5 Å². The van der Waals surface area contributed by atoms with Crippen molar-refractivity contribution < 1.29 is 28.6 Å². The molecule has 0 saturated carbocycles. The molecule has 0 radical (unpaired) electrons. The molecule has 53 heavy (non-hydrogen) atoms. The Kier molecular flexibility index (Phi) is 12.4. The Hall–Kier alpha value is -5.84. The van der Waals surface area contributed by atoms with Crippen molar-refractivity contribution in [2.75, 3.05) is 6.61 Å². The molecule has 1 fully saturated rings. The predicted molar refractivity (Wildman–Crippen MR) is 200 cm³/mol. The number of hydrogen-bond acceptors (Lipinski definition) is 8. The largest absolute Gasteiger partial charge is 0.508 e. The van der Waals surface area contributed by atoms with Crippen LogP contribution in [0, 0.1) is 5.82 Å². The number of halogens is 1. The van der Waals surface area contributed by atoms with E-state index in [0.29, 0.717) is 12.4 Å². The lowest BCUT2D eigenvalue weighted by Gasteiger charge is -2.35. The Morgan fingerprint density at radius 1 is 0.811 bits per heavy atom. The molecule has 3 atom stereocenters. The fourth-order valence-electron chi connectivity index (χ4n) is 7.02. The number of rotatable bonds is 11. The fourth-order valence-corrected chi connectivity index (χ4v) is 7.02. The van der Waals surface area contributed by atoms with Crippen molar-refractivity contribution in [3.8, 4) is 23.0 Å². The quantitative estimate of drug-likeness (QED) is 0.104. The summed E-state index contributed by atoms with van der Waals surface area (Å²) in [5, 5.41) is 16.4. The van der Waals surface area contributed by atoms with E-state index in [0.717, 1.165) is 64.9 Å². The number of aryl methyl sites for hydroxylation is 2. The van der Waals surface area contributed by atoms with Gasteiger partial charge in [0.05, 0.1) is 19.0 Å². The molecule has 2 N–H and O–H groups in total. The molecule has 2 amide bonds. The van der Waals surface area contributed by atoms with Crippen molar-refractivity contribution in [3.05, 3.63) is 141 Å². The molecule has 2 aromatic heterocycles. The molecular weight excluding hydrogens is 675 g/mol. The molecule has 10 nitrogen and oxygen atoms in total. The van der Waals surface area contributed by atoms with Crippen molar-refractivity contribution in [2.45, 2.75) is 77.7 Å². The van der Waals surface area contributed by atoms with E-state index >= 15 is 0 Å². The minimum Gasteiger partial charge on any atom is -0.508 e. The number of phenolic OH excluding ortho intramolecular Hbond substituents is 1. The maximum atomic E-state index is 13.7. The van der Waals surface area contributed by atoms with Crippen molar-refractivity contribution in [1.29, 1.82) is 0 Å². The summed E-state index contributed by atoms with van der Waals surface area (Å²) < 4.78 is 26.6. The molecule has 5 aromatic rings. The number of carbonyl (C=O) groups excluding carboxylic acids is 2. The zero-order valence-electron chi connectivity index (χ0n) is 27.8. The molecular formula is C42H45FN4O6. The van der Waals surface area contributed by atoms with E-state index in [9.17, 15) is 23.9 Å². The van der Waals surface area contributed by atoms with Crippen molar-refractivity contribution in [3.63, 3.8) is 0 Å². The average Bonchev–Trinajstić information content (AvgIpc) is 3.13. The molecule has 2 aliphatic rings. The number of pyridine rings is 1. The number of unbranched alkanes of at least 4 members (excludes halogenated alkanes) is 1. The van der Waals surface area contributed by atoms with Gasteiger partial charge in [0.15, 0.2) is 5.75 Å². The zero-order chi connectivity index (χ0) is 35.3. The molecule has 0 bridgehead atoms. The second-order valence-corrected chi connectivity index (χ2v) is 13.0. The topological polar surface area (TPSA) is 133 Å². The summed E-state index contributed by atoms with van der Waals surface area (Å²) in [5.74, 6) is 0.834. The summed E-state index contributed by atoms with van der Waals surface area (Å²) >= 11 is 0. The standard InChI is InChI=1S/C40H37FN4O6.2CH4/c41-28-9-4-25(5-10-28)34-16-8-27-21-30(46)12-17-35(27)39(34)26-6-13-31(14-7-26)50-20-2-1-3-29-11-15-32(23-42-29)51-33-22-38(48)45(43-24-33)36-18-19-37(47)44-40(36)49;;/h4-7,9-15,17,21-24,34,36,39,46H,1-3,8,16,18-20H2,(H,44,47,49);2*1H4/t34-,36?,39+;;/m1../s1. The Labute approximate surface area is 308 Å². The average molecular weight is 721 g/mol. The van der Waals surface area contributed by atoms with Crippen LogP contribution in [0.4, 0.5) is 4.39 Å². The summed E-state index contributed by atoms with van der Waals surface area (Å²) in [6.45, 7) is 0.557. The van der Waals surface area contributed by atoms with E-state index in [1.165, 1.54) is 30.0 Å². The zero-order valence-corrected chi connectivity index (χ0v) is 27.8. The van der Waals surface area contributed by atoms with Crippen LogP contribution in [0.25, 0.3) is 0 Å². The van der Waals surface area contributed by atoms with Gasteiger partial charge in [0.1, 0.15) is 29.1 Å². The number of piperidine rings is 1. The van der Waals surface area contributed by atoms with Crippen LogP contribution < -0.4 is 20.3 Å². The van der Waals surface area contributed by atoms with E-state index in [4.69, 9.17) is 9.47 Å². The van der Waals surface area contributed by atoms with Crippen LogP contribution in [0.15, 0.2) is 102 Å². The molecule has 7 rings (SSSR count). The van der Waals surface area contributed by atoms with E-state index in [1.54, 1.807) is 18.3 Å². The first kappa shape index (κ1) is 38.4. The van der Waals surface area contributed by atoms with Gasteiger partial charge < -0.3 is 14.6 Å². The number of ether oxygens (including phenoxy) is 2. The number of nitrogens with zero attached hydrogens (tertiary/aromatic N) is 3. The Bertz CT molecular complexity index is 2080. The summed E-state index contributed by atoms with van der Waals surface area (Å²) in [6.07, 6.45) is 7.53. The molecule has 276 valence electrons. The first-order chi connectivity index (χ1) is 24.8. The molecule has 3 heterocycles. The third kappa shape index (κ3) is 8.97. The van der Waals surface area contributed by atoms with Crippen LogP contribution in [0.1, 0.15) is 92.8 Å². The first-order valence-corrected chi connectivity index (χ1v) is 17.2. The lowest BCUT2D eigenvalue weighted by Crippen LogP contribution is -2.45. The molecule has 1 saturated heterocycles. The second kappa shape index (κ2) is 17.1. The Balaban J connectivity index is 0.00000271. The number of carbonyl (C=O) groups is 2. The lowest BCUT2D eigenvalue weighted by atomic mass is 9.69. The van der Waals surface area contributed by atoms with Gasteiger partial charge in [-0.25, -0.2) is 9.07 Å². The number of fused-ring (bicyclic) bond motifs is 1. The summed E-state index contributed by atoms with van der Waals surface area (Å²) in [5.41, 5.74) is 4.97. The van der Waals surface area contributed by atoms with Crippen molar-refractivity contribution in [2.24, 2.45) is 0 Å². The highest BCUT2D eigenvalue weighted by molar-refractivity contribution is 5.99. The van der Waals surface area contributed by atoms with Crippen LogP contribution in [-0.2, 0) is 22.4 Å². The number of hydrogen-bond donors (Lipinski definition) is 2. The molecule has 1 aliphatic carbocycles. The number of nitrogens with one attached hydrogen (secondary N) is 1. The minimum atomic E-state index is -0.832. The smallest absolute Gasteiger partial charge is 0.271 e. The maximum absolute atomic E-state index is 13.7. The summed E-state index contributed by atoms with van der Waals surface area (Å²) in [7, 11) is 0. The molecule has 11 heteroatoms. The van der Waals surface area contributed by atoms with Crippen molar-refractivity contribution in [1.82, 2.24) is 20.1 Å². The van der Waals surface area contributed by atoms with E-state index < -0.39 is 17.5 Å². The third-order valence-electron chi connectivity index (χ3n) is 9.56. The molecule has 0 spiro atoms. The Morgan fingerprint density at radius 2 is 1.57 bits per heavy atom. The van der Waals surface area contributed by atoms with E-state index in [-0.39, 0.29) is 62.8 Å². The van der Waals surface area contributed by atoms with Crippen LogP contribution in [0.5, 0.6) is 23.0 Å². The fraction of sp³-hybridized carbons (Fsp3) is 0.310. The van der Waals surface area contributed by atoms with Crippen LogP contribution in [0.3, 0.4) is 0 Å². The third-order valence-corrected chi connectivity index (χ3v) is 9.56. The maximum Gasteiger partial charge on any atom is 0.271 e. The van der Waals surface area contributed by atoms with Gasteiger partial charge in [-0.3, -0.25) is 24.7 Å². The summed E-state index contributed by atoms with van der Waals surface area (Å²) in [4.78, 5) is 40.6. The lowest BCUT2D eigenvalue weighted by molar-refractivity contribution is -0.136. The van der Waals surface area contributed by atoms with Gasteiger partial charge >= 0.3 is 0 Å². The minimum absolute atomic E-state index is 0. The normalized spacial score (nSPS) is 17.8. The van der Waals surface area contributed by atoms with Crippen LogP contribution >= 0.6 is 0 Å². The number of aromatic hydroxyl groups is 1. The van der Waals surface area contributed by atoms with Crippen LogP contribution in [-0.4, -0.2) is 38.3 Å². The van der Waals surface area contributed by atoms with Gasteiger partial charge in [-0.1, -0.05) is 45.2 Å². The predicted octanol–water partition coefficient (Wildman–Crippen LogP) is 7.79. The highest BCUT2D eigenvalue weighted by Crippen LogP contribution is 2.47. The van der Waals surface area contributed by atoms with Gasteiger partial charge in [0, 0.05) is 24.1 Å². The highest BCUT2D eigenvalue weighted by Gasteiger charge is 2.32. The second-order valence-electron chi connectivity index (χ2n) is 13.0. The highest BCUT2D eigenvalue weighted by atomic mass is 19.1. The Morgan fingerprint density at radius 3 is 2.28 bits per heavy atom. The molecule has 1 unspecified atom stereocenters. The SMILES string of the molecule is C.C.O=C1CCC(n2ncc(Oc3ccc(CCCCOc4ccc([C@@H]5c6ccc(O)cc6CC[C@@H]5c5ccc(F)cc5)cc4)nc3)cc2=O)C(=O)N1. The van der Waals surface area contributed by atoms with Gasteiger partial charge in [0.2, 0.25) is 5.91 Å². The number of aromatic nitrogens is 3. The van der Waals surface area contributed by atoms with Gasteiger partial charge in [-0.05, 0) is 115 Å². The first-order valence-electron chi connectivity index (χ1n) is 17.2. The van der Waals surface area contributed by atoms with Gasteiger partial charge in [-0.15, -0.1) is 0 Å². The van der Waals surface area contributed by atoms with Crippen molar-refractivity contribution >= 4 is 11.8 Å². The van der Waals surface area contributed by atoms with E-state index in [1.807, 2.05) is 42.5 Å². The van der Waals surface area contributed by atoms with Gasteiger partial charge in [-0.2, -0.15) is 5.10 Å². The van der Waals surface area contributed by atoms with Crippen LogP contribution in [0.2, 0.25) is 0 Å². The molecule has 1 aliphatic heterocycles. The number of imide groups is 1. The molecule has 3 aromatic carbocycles. The number of phenols is 1.